The number of rotatable bonds is 3. The Morgan fingerprint density at radius 2 is 2.17 bits per heavy atom. The van der Waals surface area contributed by atoms with Crippen molar-refractivity contribution in [3.05, 3.63) is 11.7 Å². The molecule has 1 atom stereocenters. The third-order valence-electron chi connectivity index (χ3n) is 1.59. The Morgan fingerprint density at radius 1 is 1.50 bits per heavy atom. The number of nitrogens with two attached hydrogens (primary N) is 1. The Kier molecular flexibility index (Phi) is 2.81. The summed E-state index contributed by atoms with van der Waals surface area (Å²) < 4.78 is 4.94. The largest absolute Gasteiger partial charge is 0.338 e. The minimum Gasteiger partial charge on any atom is -0.338 e. The Bertz CT molecular complexity index is 244. The van der Waals surface area contributed by atoms with Gasteiger partial charge in [-0.3, -0.25) is 0 Å². The van der Waals surface area contributed by atoms with E-state index in [1.165, 1.54) is 0 Å². The van der Waals surface area contributed by atoms with Gasteiger partial charge in [-0.05, 0) is 19.3 Å². The van der Waals surface area contributed by atoms with Crippen LogP contribution in [0.2, 0.25) is 0 Å². The Labute approximate surface area is 72.1 Å². The second-order valence-electron chi connectivity index (χ2n) is 3.42. The first-order valence-electron chi connectivity index (χ1n) is 4.15. The quantitative estimate of drug-likeness (QED) is 0.743. The van der Waals surface area contributed by atoms with Gasteiger partial charge >= 0.3 is 0 Å². The second-order valence-corrected chi connectivity index (χ2v) is 3.42. The molecular formula is C8H15N3O. The Morgan fingerprint density at radius 3 is 2.58 bits per heavy atom. The summed E-state index contributed by atoms with van der Waals surface area (Å²) in [5.74, 6) is 1.73. The van der Waals surface area contributed by atoms with Crippen LogP contribution in [0, 0.1) is 12.8 Å². The number of aromatic nitrogens is 2. The maximum Gasteiger partial charge on any atom is 0.243 e. The van der Waals surface area contributed by atoms with Gasteiger partial charge in [-0.1, -0.05) is 19.0 Å². The highest BCUT2D eigenvalue weighted by Crippen LogP contribution is 2.16. The maximum absolute atomic E-state index is 5.81. The van der Waals surface area contributed by atoms with E-state index in [1.807, 2.05) is 0 Å². The van der Waals surface area contributed by atoms with Gasteiger partial charge in [0, 0.05) is 0 Å². The summed E-state index contributed by atoms with van der Waals surface area (Å²) in [4.78, 5) is 4.06. The molecule has 0 amide bonds. The van der Waals surface area contributed by atoms with Crippen molar-refractivity contribution in [2.24, 2.45) is 11.7 Å². The average Bonchev–Trinajstić information content (AvgIpc) is 2.34. The monoisotopic (exact) mass is 169 g/mol. The van der Waals surface area contributed by atoms with Gasteiger partial charge in [-0.25, -0.2) is 0 Å². The van der Waals surface area contributed by atoms with Crippen LogP contribution in [0.1, 0.15) is 38.0 Å². The predicted molar refractivity (Wildman–Crippen MR) is 45.4 cm³/mol. The molecule has 0 bridgehead atoms. The first kappa shape index (κ1) is 9.19. The van der Waals surface area contributed by atoms with Crippen LogP contribution in [0.3, 0.4) is 0 Å². The molecule has 4 heteroatoms. The van der Waals surface area contributed by atoms with Gasteiger partial charge in [0.05, 0.1) is 6.04 Å². The molecule has 1 heterocycles. The van der Waals surface area contributed by atoms with Crippen molar-refractivity contribution in [3.63, 3.8) is 0 Å². The van der Waals surface area contributed by atoms with E-state index in [1.54, 1.807) is 6.92 Å². The number of hydrogen-bond donors (Lipinski definition) is 1. The molecule has 2 N–H and O–H groups in total. The highest BCUT2D eigenvalue weighted by Gasteiger charge is 2.14. The first-order valence-corrected chi connectivity index (χ1v) is 4.15. The highest BCUT2D eigenvalue weighted by atomic mass is 16.5. The fourth-order valence-corrected chi connectivity index (χ4v) is 1.07. The van der Waals surface area contributed by atoms with Crippen LogP contribution < -0.4 is 5.73 Å². The summed E-state index contributed by atoms with van der Waals surface area (Å²) in [5, 5.41) is 3.68. The number of aryl methyl sites for hydroxylation is 1. The van der Waals surface area contributed by atoms with Crippen LogP contribution >= 0.6 is 0 Å². The SMILES string of the molecule is Cc1noc([C@@H](N)CC(C)C)n1. The summed E-state index contributed by atoms with van der Waals surface area (Å²) in [6, 6.07) is -0.119. The van der Waals surface area contributed by atoms with E-state index in [9.17, 15) is 0 Å². The normalized spacial score (nSPS) is 13.8. The maximum atomic E-state index is 5.81. The molecule has 0 fully saturated rings. The lowest BCUT2D eigenvalue weighted by Gasteiger charge is -2.08. The van der Waals surface area contributed by atoms with Gasteiger partial charge < -0.3 is 10.3 Å². The van der Waals surface area contributed by atoms with Crippen molar-refractivity contribution in [3.8, 4) is 0 Å². The highest BCUT2D eigenvalue weighted by molar-refractivity contribution is 4.89. The van der Waals surface area contributed by atoms with Gasteiger partial charge in [0.25, 0.3) is 0 Å². The summed E-state index contributed by atoms with van der Waals surface area (Å²) in [5.41, 5.74) is 5.81. The van der Waals surface area contributed by atoms with Gasteiger partial charge in [-0.15, -0.1) is 0 Å². The van der Waals surface area contributed by atoms with E-state index in [0.717, 1.165) is 6.42 Å². The molecule has 0 aliphatic carbocycles. The molecule has 0 aromatic carbocycles. The predicted octanol–water partition coefficient (Wildman–Crippen LogP) is 1.42. The minimum atomic E-state index is -0.119. The fourth-order valence-electron chi connectivity index (χ4n) is 1.07. The molecule has 0 aliphatic heterocycles. The van der Waals surface area contributed by atoms with E-state index in [2.05, 4.69) is 24.0 Å². The average molecular weight is 169 g/mol. The lowest BCUT2D eigenvalue weighted by Crippen LogP contribution is -2.13. The van der Waals surface area contributed by atoms with E-state index >= 15 is 0 Å². The van der Waals surface area contributed by atoms with Crippen molar-refractivity contribution in [2.45, 2.75) is 33.2 Å². The number of hydrogen-bond acceptors (Lipinski definition) is 4. The minimum absolute atomic E-state index is 0.119. The first-order chi connectivity index (χ1) is 5.59. The zero-order valence-corrected chi connectivity index (χ0v) is 7.74. The lowest BCUT2D eigenvalue weighted by molar-refractivity contribution is 0.333. The van der Waals surface area contributed by atoms with E-state index < -0.39 is 0 Å². The van der Waals surface area contributed by atoms with E-state index in [-0.39, 0.29) is 6.04 Å². The third kappa shape index (κ3) is 2.30. The fraction of sp³-hybridized carbons (Fsp3) is 0.750. The number of nitrogens with zero attached hydrogens (tertiary/aromatic N) is 2. The van der Waals surface area contributed by atoms with Gasteiger partial charge in [0.2, 0.25) is 5.89 Å². The topological polar surface area (TPSA) is 64.9 Å². The Balaban J connectivity index is 2.58. The van der Waals surface area contributed by atoms with Crippen molar-refractivity contribution in [2.75, 3.05) is 0 Å². The summed E-state index contributed by atoms with van der Waals surface area (Å²) >= 11 is 0. The van der Waals surface area contributed by atoms with Gasteiger partial charge in [0.15, 0.2) is 5.82 Å². The molecule has 0 radical (unpaired) electrons. The smallest absolute Gasteiger partial charge is 0.243 e. The van der Waals surface area contributed by atoms with Gasteiger partial charge in [0.1, 0.15) is 0 Å². The molecule has 4 nitrogen and oxygen atoms in total. The second kappa shape index (κ2) is 3.67. The molecule has 1 rings (SSSR count). The zero-order valence-electron chi connectivity index (χ0n) is 7.74. The standard InChI is InChI=1S/C8H15N3O/c1-5(2)4-7(9)8-10-6(3)11-12-8/h5,7H,4,9H2,1-3H3/t7-/m0/s1. The van der Waals surface area contributed by atoms with Crippen molar-refractivity contribution in [1.82, 2.24) is 10.1 Å². The zero-order chi connectivity index (χ0) is 9.14. The summed E-state index contributed by atoms with van der Waals surface area (Å²) in [7, 11) is 0. The van der Waals surface area contributed by atoms with Crippen LogP contribution in [0.4, 0.5) is 0 Å². The molecule has 1 aromatic rings. The van der Waals surface area contributed by atoms with Crippen LogP contribution in [-0.2, 0) is 0 Å². The van der Waals surface area contributed by atoms with Crippen LogP contribution in [0.5, 0.6) is 0 Å². The molecule has 0 unspecified atom stereocenters. The van der Waals surface area contributed by atoms with Crippen molar-refractivity contribution < 1.29 is 4.52 Å². The van der Waals surface area contributed by atoms with Crippen LogP contribution in [-0.4, -0.2) is 10.1 Å². The Hall–Kier alpha value is -0.900. The molecule has 0 spiro atoms. The van der Waals surface area contributed by atoms with E-state index in [0.29, 0.717) is 17.6 Å². The third-order valence-corrected chi connectivity index (χ3v) is 1.59. The van der Waals surface area contributed by atoms with Crippen LogP contribution in [0.15, 0.2) is 4.52 Å². The molecule has 0 saturated heterocycles. The van der Waals surface area contributed by atoms with Crippen molar-refractivity contribution in [1.29, 1.82) is 0 Å². The van der Waals surface area contributed by atoms with Crippen molar-refractivity contribution >= 4 is 0 Å². The molecular weight excluding hydrogens is 154 g/mol. The van der Waals surface area contributed by atoms with Gasteiger partial charge in [-0.2, -0.15) is 4.98 Å². The molecule has 0 saturated carbocycles. The summed E-state index contributed by atoms with van der Waals surface area (Å²) in [6.45, 7) is 6.02. The molecule has 12 heavy (non-hydrogen) atoms. The summed E-state index contributed by atoms with van der Waals surface area (Å²) in [6.07, 6.45) is 0.877. The molecule has 0 aliphatic rings. The van der Waals surface area contributed by atoms with E-state index in [4.69, 9.17) is 10.3 Å². The van der Waals surface area contributed by atoms with Crippen LogP contribution in [0.25, 0.3) is 0 Å². The molecule has 1 aromatic heterocycles. The lowest BCUT2D eigenvalue weighted by atomic mass is 10.0. The molecule has 68 valence electrons.